The molecule has 0 atom stereocenters. The fourth-order valence-corrected chi connectivity index (χ4v) is 0. The third-order valence-corrected chi connectivity index (χ3v) is 0. The van der Waals surface area contributed by atoms with Gasteiger partial charge in [-0.05, 0) is 0 Å². The summed E-state index contributed by atoms with van der Waals surface area (Å²) in [6.45, 7) is 0. The van der Waals surface area contributed by atoms with Gasteiger partial charge in [-0.3, -0.25) is 0 Å². The zero-order valence-electron chi connectivity index (χ0n) is 9.60. The standard InChI is InChI=1S/4NO3.5H2O.Pu/c4*2-1(3)4;;;;;;/h;;;;5*1H2;/q4*-1;;;;;;+4. The van der Waals surface area contributed by atoms with E-state index < -0.39 is 20.3 Å². The van der Waals surface area contributed by atoms with E-state index in [4.69, 9.17) is 61.3 Å². The second-order valence-electron chi connectivity index (χ2n) is 0.894. The van der Waals surface area contributed by atoms with Crippen molar-refractivity contribution in [3.63, 3.8) is 0 Å². The van der Waals surface area contributed by atoms with Crippen molar-refractivity contribution in [2.75, 3.05) is 0 Å². The number of hydrogen-bond donors (Lipinski definition) is 0. The van der Waals surface area contributed by atoms with E-state index in [9.17, 15) is 0 Å². The van der Waals surface area contributed by atoms with E-state index in [2.05, 4.69) is 0 Å². The molecule has 21 nitrogen and oxygen atoms in total. The van der Waals surface area contributed by atoms with Crippen molar-refractivity contribution in [1.29, 1.82) is 0 Å². The van der Waals surface area contributed by atoms with E-state index in [0.29, 0.717) is 0 Å². The normalized spacial score (nSPS) is 4.36. The Morgan fingerprint density at radius 3 is 0.364 bits per heavy atom. The fourth-order valence-electron chi connectivity index (χ4n) is 0. The first-order valence-electron chi connectivity index (χ1n) is 2.19. The van der Waals surface area contributed by atoms with Gasteiger partial charge in [0.2, 0.25) is 0 Å². The van der Waals surface area contributed by atoms with Crippen LogP contribution in [0.25, 0.3) is 0 Å². The van der Waals surface area contributed by atoms with Crippen LogP contribution in [0.1, 0.15) is 0 Å². The molecule has 0 heterocycles. The van der Waals surface area contributed by atoms with Gasteiger partial charge >= 0.3 is 29.2 Å². The molecule has 22 heteroatoms. The van der Waals surface area contributed by atoms with Crippen LogP contribution in [0.2, 0.25) is 0 Å². The molecule has 0 aliphatic rings. The second-order valence-corrected chi connectivity index (χ2v) is 0.894. The maximum Gasteiger partial charge on any atom is 4.00 e. The van der Waals surface area contributed by atoms with Gasteiger partial charge in [0.25, 0.3) is 0 Å². The summed E-state index contributed by atoms with van der Waals surface area (Å²) in [7, 11) is 0. The van der Waals surface area contributed by atoms with Gasteiger partial charge < -0.3 is 88.7 Å². The van der Waals surface area contributed by atoms with Gasteiger partial charge in [-0.1, -0.05) is 0 Å². The van der Waals surface area contributed by atoms with Crippen LogP contribution in [-0.4, -0.2) is 47.7 Å². The van der Waals surface area contributed by atoms with Crippen LogP contribution in [0.15, 0.2) is 0 Å². The first-order valence-corrected chi connectivity index (χ1v) is 2.19. The van der Waals surface area contributed by atoms with Gasteiger partial charge in [0.05, 0.1) is 20.3 Å². The van der Waals surface area contributed by atoms with Crippen LogP contribution < -0.4 is 0 Å². The summed E-state index contributed by atoms with van der Waals surface area (Å²) in [5.74, 6) is 0. The van der Waals surface area contributed by atoms with E-state index >= 15 is 0 Å². The predicted molar refractivity (Wildman–Crippen MR) is 59.5 cm³/mol. The van der Waals surface area contributed by atoms with Crippen LogP contribution in [-0.2, 0) is 0 Å². The summed E-state index contributed by atoms with van der Waals surface area (Å²) in [5, 5.41) is 59.0. The molecule has 22 heavy (non-hydrogen) atoms. The van der Waals surface area contributed by atoms with Gasteiger partial charge in [0.15, 0.2) is 0 Å². The summed E-state index contributed by atoms with van der Waals surface area (Å²) in [6, 6.07) is 0. The molecule has 0 amide bonds. The minimum atomic E-state index is -1.75. The summed E-state index contributed by atoms with van der Waals surface area (Å²) in [4.78, 5) is 33.0. The third kappa shape index (κ3) is 831. The average molecular weight is 582 g/mol. The predicted octanol–water partition coefficient (Wildman–Crippen LogP) is -5.08. The Morgan fingerprint density at radius 2 is 0.364 bits per heavy atom. The van der Waals surface area contributed by atoms with Crippen molar-refractivity contribution in [2.45, 2.75) is 0 Å². The van der Waals surface area contributed by atoms with E-state index in [0.717, 1.165) is 0 Å². The SMILES string of the molecule is O.O.O.O.O.O=[N+]([O-])[O-].O=[N+]([O-])[O-].O=[N+]([O-])[O-].O=[N+]([O-])[O-].[Pu+4]. The Hall–Kier alpha value is -2.41. The summed E-state index contributed by atoms with van der Waals surface area (Å²) < 4.78 is 0. The molecule has 0 aromatic rings. The number of rotatable bonds is 0. The van der Waals surface area contributed by atoms with E-state index in [-0.39, 0.29) is 56.6 Å². The zero-order chi connectivity index (χ0) is 14.3. The molecule has 0 aromatic carbocycles. The van der Waals surface area contributed by atoms with Gasteiger partial charge in [-0.2, -0.15) is 0 Å². The molecule has 138 valence electrons. The Labute approximate surface area is 138 Å². The Morgan fingerprint density at radius 1 is 0.364 bits per heavy atom. The van der Waals surface area contributed by atoms with Gasteiger partial charge in [0.1, 0.15) is 0 Å². The first kappa shape index (κ1) is 73.6. The molecule has 0 radical (unpaired) electrons. The molecule has 0 aromatic heterocycles. The summed E-state index contributed by atoms with van der Waals surface area (Å²) >= 11 is 0. The van der Waals surface area contributed by atoms with E-state index in [1.165, 1.54) is 0 Å². The molecule has 0 aliphatic carbocycles. The third-order valence-electron chi connectivity index (χ3n) is 0. The van der Waals surface area contributed by atoms with Gasteiger partial charge in [-0.25, -0.2) is 0 Å². The topological polar surface area (TPSA) is 422 Å². The monoisotopic (exact) mass is 576 g/mol. The van der Waals surface area contributed by atoms with Crippen molar-refractivity contribution in [1.82, 2.24) is 0 Å². The molecule has 0 bridgehead atoms. The minimum absolute atomic E-state index is 0. The molecule has 0 aliphatic heterocycles. The molecule has 0 spiro atoms. The van der Waals surface area contributed by atoms with Crippen LogP contribution in [0.3, 0.4) is 0 Å². The van der Waals surface area contributed by atoms with E-state index in [1.54, 1.807) is 0 Å². The molecule has 0 fully saturated rings. The van der Waals surface area contributed by atoms with E-state index in [1.807, 2.05) is 0 Å². The Balaban J connectivity index is -0.00000001000. The number of hydrogen-bond acceptors (Lipinski definition) is 12. The first-order chi connectivity index (χ1) is 6.93. The smallest absolute Gasteiger partial charge is 0.412 e. The van der Waals surface area contributed by atoms with Crippen LogP contribution >= 0.6 is 0 Å². The average Bonchev–Trinajstić information content (AvgIpc) is 1.76. The van der Waals surface area contributed by atoms with Crippen molar-refractivity contribution in [2.24, 2.45) is 0 Å². The quantitative estimate of drug-likeness (QED) is 0.191. The Bertz CT molecular complexity index is 161. The largest absolute Gasteiger partial charge is 4.00 e. The molecular formula is H10N4O17Pu. The molecule has 0 saturated carbocycles. The fraction of sp³-hybridized carbons (Fsp3) is 0. The maximum absolute atomic E-state index is 8.25. The summed E-state index contributed by atoms with van der Waals surface area (Å²) in [5.41, 5.74) is 0. The minimum Gasteiger partial charge on any atom is -0.412 e. The summed E-state index contributed by atoms with van der Waals surface area (Å²) in [6.07, 6.45) is 0. The van der Waals surface area contributed by atoms with Crippen LogP contribution in [0.5, 0.6) is 0 Å². The van der Waals surface area contributed by atoms with Crippen molar-refractivity contribution < 1.29 is 76.9 Å². The molecule has 0 rings (SSSR count). The van der Waals surface area contributed by atoms with Gasteiger partial charge in [0, 0.05) is 0 Å². The molecular weight excluding hydrogens is 572 g/mol. The van der Waals surface area contributed by atoms with Crippen molar-refractivity contribution in [3.8, 4) is 0 Å². The van der Waals surface area contributed by atoms with Gasteiger partial charge in [-0.15, -0.1) is 0 Å². The van der Waals surface area contributed by atoms with Crippen LogP contribution in [0.4, 0.5) is 0 Å². The van der Waals surface area contributed by atoms with Crippen molar-refractivity contribution >= 4 is 0 Å². The zero-order valence-corrected chi connectivity index (χ0v) is 13.0. The number of nitrogens with zero attached hydrogens (tertiary/aromatic N) is 4. The van der Waals surface area contributed by atoms with Crippen molar-refractivity contribution in [3.05, 3.63) is 61.3 Å². The molecule has 0 saturated heterocycles. The maximum atomic E-state index is 8.25. The second kappa shape index (κ2) is 62.5. The van der Waals surface area contributed by atoms with Crippen LogP contribution in [0, 0.1) is 90.5 Å². The molecule has 0 unspecified atom stereocenters. The Kier molecular flexibility index (Phi) is 209. The molecule has 10 N–H and O–H groups in total.